The molecule has 100 valence electrons. The molecule has 0 fully saturated rings. The summed E-state index contributed by atoms with van der Waals surface area (Å²) < 4.78 is 1.06. The molecule has 1 nitrogen and oxygen atoms in total. The van der Waals surface area contributed by atoms with Crippen LogP contribution in [0.3, 0.4) is 0 Å². The number of Topliss-reactive ketones (excluding diaryl/α,β-unsaturated/α-hetero) is 1. The van der Waals surface area contributed by atoms with Gasteiger partial charge in [0.2, 0.25) is 0 Å². The Morgan fingerprint density at radius 3 is 2.50 bits per heavy atom. The van der Waals surface area contributed by atoms with Gasteiger partial charge in [-0.15, -0.1) is 0 Å². The molecule has 1 rings (SSSR count). The number of carbonyl (C=O) groups excluding carboxylic acids is 1. The molecule has 2 atom stereocenters. The van der Waals surface area contributed by atoms with Gasteiger partial charge >= 0.3 is 0 Å². The van der Waals surface area contributed by atoms with Crippen molar-refractivity contribution in [2.75, 3.05) is 0 Å². The van der Waals surface area contributed by atoms with Gasteiger partial charge in [-0.05, 0) is 48.9 Å². The second-order valence-electron chi connectivity index (χ2n) is 5.11. The Balaban J connectivity index is 3.12. The first-order valence-corrected chi connectivity index (χ1v) is 7.57. The molecule has 0 saturated heterocycles. The number of halogens is 1. The summed E-state index contributed by atoms with van der Waals surface area (Å²) in [4.78, 5) is 12.0. The SMILES string of the molecule is CCc1ccc(Br)cc1C(CC(C)CC)C(C)=O. The van der Waals surface area contributed by atoms with Crippen molar-refractivity contribution in [1.82, 2.24) is 0 Å². The lowest BCUT2D eigenvalue weighted by Gasteiger charge is -2.21. The van der Waals surface area contributed by atoms with Gasteiger partial charge in [-0.2, -0.15) is 0 Å². The molecule has 0 radical (unpaired) electrons. The third-order valence-electron chi connectivity index (χ3n) is 3.69. The highest BCUT2D eigenvalue weighted by molar-refractivity contribution is 9.10. The van der Waals surface area contributed by atoms with E-state index in [0.29, 0.717) is 5.92 Å². The van der Waals surface area contributed by atoms with Crippen LogP contribution in [0.4, 0.5) is 0 Å². The number of carbonyl (C=O) groups is 1. The van der Waals surface area contributed by atoms with E-state index >= 15 is 0 Å². The molecule has 0 saturated carbocycles. The monoisotopic (exact) mass is 310 g/mol. The quantitative estimate of drug-likeness (QED) is 0.712. The Morgan fingerprint density at radius 1 is 1.33 bits per heavy atom. The first-order valence-electron chi connectivity index (χ1n) is 6.78. The maximum absolute atomic E-state index is 12.0. The van der Waals surface area contributed by atoms with Gasteiger partial charge in [0.1, 0.15) is 5.78 Å². The summed E-state index contributed by atoms with van der Waals surface area (Å²) >= 11 is 3.51. The highest BCUT2D eigenvalue weighted by Gasteiger charge is 2.21. The average molecular weight is 311 g/mol. The van der Waals surface area contributed by atoms with Crippen LogP contribution in [0.25, 0.3) is 0 Å². The van der Waals surface area contributed by atoms with Crippen LogP contribution in [0, 0.1) is 5.92 Å². The maximum Gasteiger partial charge on any atom is 0.137 e. The summed E-state index contributed by atoms with van der Waals surface area (Å²) in [6, 6.07) is 6.31. The molecular weight excluding hydrogens is 288 g/mol. The zero-order valence-corrected chi connectivity index (χ0v) is 13.4. The first kappa shape index (κ1) is 15.4. The fraction of sp³-hybridized carbons (Fsp3) is 0.562. The molecular formula is C16H23BrO. The van der Waals surface area contributed by atoms with Gasteiger partial charge in [0, 0.05) is 10.4 Å². The van der Waals surface area contributed by atoms with Crippen LogP contribution in [-0.4, -0.2) is 5.78 Å². The lowest BCUT2D eigenvalue weighted by atomic mass is 9.83. The van der Waals surface area contributed by atoms with Crippen molar-refractivity contribution in [2.45, 2.75) is 52.9 Å². The van der Waals surface area contributed by atoms with Crippen LogP contribution < -0.4 is 0 Å². The van der Waals surface area contributed by atoms with Gasteiger partial charge < -0.3 is 0 Å². The first-order chi connectivity index (χ1) is 8.49. The van der Waals surface area contributed by atoms with E-state index in [9.17, 15) is 4.79 Å². The minimum Gasteiger partial charge on any atom is -0.299 e. The second-order valence-corrected chi connectivity index (χ2v) is 6.02. The third-order valence-corrected chi connectivity index (χ3v) is 4.18. The van der Waals surface area contributed by atoms with E-state index in [1.807, 2.05) is 0 Å². The van der Waals surface area contributed by atoms with Gasteiger partial charge in [-0.1, -0.05) is 49.2 Å². The van der Waals surface area contributed by atoms with Crippen LogP contribution >= 0.6 is 15.9 Å². The Bertz CT molecular complexity index is 412. The van der Waals surface area contributed by atoms with E-state index in [-0.39, 0.29) is 11.7 Å². The summed E-state index contributed by atoms with van der Waals surface area (Å²) in [7, 11) is 0. The summed E-state index contributed by atoms with van der Waals surface area (Å²) in [5, 5.41) is 0. The van der Waals surface area contributed by atoms with E-state index < -0.39 is 0 Å². The molecule has 0 spiro atoms. The second kappa shape index (κ2) is 7.08. The zero-order valence-electron chi connectivity index (χ0n) is 11.8. The molecule has 0 N–H and O–H groups in total. The summed E-state index contributed by atoms with van der Waals surface area (Å²) in [5.74, 6) is 0.915. The maximum atomic E-state index is 12.0. The van der Waals surface area contributed by atoms with Crippen molar-refractivity contribution in [3.05, 3.63) is 33.8 Å². The van der Waals surface area contributed by atoms with Gasteiger partial charge in [-0.25, -0.2) is 0 Å². The van der Waals surface area contributed by atoms with Crippen LogP contribution in [-0.2, 0) is 11.2 Å². The summed E-state index contributed by atoms with van der Waals surface area (Å²) in [6.07, 6.45) is 3.06. The van der Waals surface area contributed by atoms with E-state index in [2.05, 4.69) is 54.9 Å². The zero-order chi connectivity index (χ0) is 13.7. The predicted molar refractivity (Wildman–Crippen MR) is 81.0 cm³/mol. The minimum absolute atomic E-state index is 0.0485. The number of hydrogen-bond donors (Lipinski definition) is 0. The Hall–Kier alpha value is -0.630. The van der Waals surface area contributed by atoms with Crippen LogP contribution in [0.15, 0.2) is 22.7 Å². The van der Waals surface area contributed by atoms with E-state index in [1.165, 1.54) is 11.1 Å². The number of aryl methyl sites for hydroxylation is 1. The molecule has 0 aliphatic carbocycles. The fourth-order valence-electron chi connectivity index (χ4n) is 2.29. The van der Waals surface area contributed by atoms with Crippen LogP contribution in [0.5, 0.6) is 0 Å². The molecule has 0 bridgehead atoms. The van der Waals surface area contributed by atoms with E-state index in [4.69, 9.17) is 0 Å². The van der Waals surface area contributed by atoms with Crippen molar-refractivity contribution >= 4 is 21.7 Å². The normalized spacial score (nSPS) is 14.3. The average Bonchev–Trinajstić information content (AvgIpc) is 2.35. The predicted octanol–water partition coefficient (Wildman–Crippen LogP) is 5.12. The Morgan fingerprint density at radius 2 is 2.00 bits per heavy atom. The highest BCUT2D eigenvalue weighted by atomic mass is 79.9. The molecule has 0 heterocycles. The third kappa shape index (κ3) is 3.94. The molecule has 0 amide bonds. The van der Waals surface area contributed by atoms with Crippen molar-refractivity contribution < 1.29 is 4.79 Å². The van der Waals surface area contributed by atoms with Crippen molar-refractivity contribution in [3.8, 4) is 0 Å². The van der Waals surface area contributed by atoms with E-state index in [0.717, 1.165) is 23.7 Å². The largest absolute Gasteiger partial charge is 0.299 e. The standard InChI is InChI=1S/C16H23BrO/c1-5-11(3)9-15(12(4)18)16-10-14(17)8-7-13(16)6-2/h7-8,10-11,15H,5-6,9H2,1-4H3. The van der Waals surface area contributed by atoms with Crippen molar-refractivity contribution in [1.29, 1.82) is 0 Å². The summed E-state index contributed by atoms with van der Waals surface area (Å²) in [6.45, 7) is 8.27. The highest BCUT2D eigenvalue weighted by Crippen LogP contribution is 2.31. The fourth-order valence-corrected chi connectivity index (χ4v) is 2.67. The smallest absolute Gasteiger partial charge is 0.137 e. The number of benzene rings is 1. The molecule has 0 aromatic heterocycles. The lowest BCUT2D eigenvalue weighted by molar-refractivity contribution is -0.118. The molecule has 1 aromatic carbocycles. The van der Waals surface area contributed by atoms with Crippen molar-refractivity contribution in [2.24, 2.45) is 5.92 Å². The van der Waals surface area contributed by atoms with Gasteiger partial charge in [0.15, 0.2) is 0 Å². The molecule has 0 aliphatic heterocycles. The van der Waals surface area contributed by atoms with Gasteiger partial charge in [0.05, 0.1) is 0 Å². The molecule has 18 heavy (non-hydrogen) atoms. The molecule has 2 heteroatoms. The molecule has 1 aromatic rings. The molecule has 2 unspecified atom stereocenters. The van der Waals surface area contributed by atoms with Gasteiger partial charge in [0.25, 0.3) is 0 Å². The van der Waals surface area contributed by atoms with Crippen LogP contribution in [0.2, 0.25) is 0 Å². The van der Waals surface area contributed by atoms with Crippen molar-refractivity contribution in [3.63, 3.8) is 0 Å². The Labute approximate surface area is 119 Å². The number of ketones is 1. The summed E-state index contributed by atoms with van der Waals surface area (Å²) in [5.41, 5.74) is 2.50. The van der Waals surface area contributed by atoms with E-state index in [1.54, 1.807) is 6.92 Å². The topological polar surface area (TPSA) is 17.1 Å². The minimum atomic E-state index is 0.0485. The Kier molecular flexibility index (Phi) is 6.07. The van der Waals surface area contributed by atoms with Crippen LogP contribution in [0.1, 0.15) is 57.6 Å². The lowest BCUT2D eigenvalue weighted by Crippen LogP contribution is -2.14. The number of hydrogen-bond acceptors (Lipinski definition) is 1. The molecule has 0 aliphatic rings. The van der Waals surface area contributed by atoms with Gasteiger partial charge in [-0.3, -0.25) is 4.79 Å². The number of rotatable bonds is 6.